The highest BCUT2D eigenvalue weighted by molar-refractivity contribution is 5.88. The Morgan fingerprint density at radius 1 is 1.23 bits per heavy atom. The van der Waals surface area contributed by atoms with Crippen LogP contribution in [0.15, 0.2) is 42.5 Å². The highest BCUT2D eigenvalue weighted by Gasteiger charge is 2.33. The van der Waals surface area contributed by atoms with Crippen LogP contribution in [0.2, 0.25) is 0 Å². The fourth-order valence-corrected chi connectivity index (χ4v) is 3.42. The normalized spacial score (nSPS) is 17.2. The van der Waals surface area contributed by atoms with Gasteiger partial charge in [-0.3, -0.25) is 9.69 Å². The van der Waals surface area contributed by atoms with Crippen molar-refractivity contribution in [2.75, 3.05) is 13.2 Å². The number of carbonyl (C=O) groups is 1. The lowest BCUT2D eigenvalue weighted by atomic mass is 10.1. The molecular weight excluding hydrogens is 332 g/mol. The number of aromatic nitrogens is 3. The summed E-state index contributed by atoms with van der Waals surface area (Å²) in [4.78, 5) is 13.6. The number of rotatable bonds is 5. The first-order valence-electron chi connectivity index (χ1n) is 8.59. The van der Waals surface area contributed by atoms with Crippen LogP contribution in [0.1, 0.15) is 11.6 Å². The van der Waals surface area contributed by atoms with Crippen LogP contribution in [0.25, 0.3) is 10.8 Å². The van der Waals surface area contributed by atoms with Gasteiger partial charge >= 0.3 is 5.97 Å². The molecule has 1 aliphatic rings. The van der Waals surface area contributed by atoms with Gasteiger partial charge in [0.15, 0.2) is 0 Å². The summed E-state index contributed by atoms with van der Waals surface area (Å²) < 4.78 is 7.84. The average Bonchev–Trinajstić information content (AvgIpc) is 3.01. The number of benzene rings is 2. The molecule has 0 amide bonds. The van der Waals surface area contributed by atoms with Crippen molar-refractivity contribution in [2.24, 2.45) is 0 Å². The predicted molar refractivity (Wildman–Crippen MR) is 96.0 cm³/mol. The van der Waals surface area contributed by atoms with Crippen LogP contribution in [0, 0.1) is 6.92 Å². The predicted octanol–water partition coefficient (Wildman–Crippen LogP) is 2.09. The van der Waals surface area contributed by atoms with Gasteiger partial charge in [-0.15, -0.1) is 10.2 Å². The lowest BCUT2D eigenvalue weighted by molar-refractivity contribution is -0.145. The van der Waals surface area contributed by atoms with Gasteiger partial charge in [-0.2, -0.15) is 0 Å². The summed E-state index contributed by atoms with van der Waals surface area (Å²) in [5, 5.41) is 20.0. The van der Waals surface area contributed by atoms with Crippen molar-refractivity contribution in [3.05, 3.63) is 54.1 Å². The van der Waals surface area contributed by atoms with Crippen molar-refractivity contribution in [1.29, 1.82) is 0 Å². The van der Waals surface area contributed by atoms with E-state index < -0.39 is 12.0 Å². The molecule has 3 aromatic rings. The van der Waals surface area contributed by atoms with Gasteiger partial charge in [-0.05, 0) is 18.4 Å². The van der Waals surface area contributed by atoms with E-state index in [1.807, 2.05) is 58.9 Å². The van der Waals surface area contributed by atoms with Crippen LogP contribution >= 0.6 is 0 Å². The maximum atomic E-state index is 11.7. The summed E-state index contributed by atoms with van der Waals surface area (Å²) in [6, 6.07) is 13.4. The molecule has 0 spiro atoms. The Kier molecular flexibility index (Phi) is 4.30. The summed E-state index contributed by atoms with van der Waals surface area (Å²) in [5.74, 6) is 1.52. The fourth-order valence-electron chi connectivity index (χ4n) is 3.42. The molecule has 1 N–H and O–H groups in total. The number of ether oxygens (including phenoxy) is 1. The Morgan fingerprint density at radius 3 is 2.88 bits per heavy atom. The summed E-state index contributed by atoms with van der Waals surface area (Å²) >= 11 is 0. The van der Waals surface area contributed by atoms with Crippen LogP contribution in [0.5, 0.6) is 5.75 Å². The second-order valence-electron chi connectivity index (χ2n) is 6.42. The third-order valence-corrected chi connectivity index (χ3v) is 4.82. The molecule has 4 rings (SSSR count). The van der Waals surface area contributed by atoms with E-state index in [0.29, 0.717) is 26.2 Å². The van der Waals surface area contributed by atoms with Gasteiger partial charge in [0, 0.05) is 11.9 Å². The maximum absolute atomic E-state index is 11.7. The Labute approximate surface area is 150 Å². The van der Waals surface area contributed by atoms with E-state index in [4.69, 9.17) is 4.74 Å². The highest BCUT2D eigenvalue weighted by atomic mass is 16.5. The Morgan fingerprint density at radius 2 is 2.04 bits per heavy atom. The SMILES string of the molecule is Cc1nnc2n1CC(C(=O)O)N(CCOc1cccc3ccccc13)C2. The molecule has 134 valence electrons. The van der Waals surface area contributed by atoms with E-state index in [1.165, 1.54) is 0 Å². The number of aliphatic carboxylic acids is 1. The molecule has 1 atom stereocenters. The molecule has 0 saturated carbocycles. The van der Waals surface area contributed by atoms with E-state index in [2.05, 4.69) is 10.2 Å². The van der Waals surface area contributed by atoms with Crippen molar-refractivity contribution in [1.82, 2.24) is 19.7 Å². The van der Waals surface area contributed by atoms with Gasteiger partial charge in [0.25, 0.3) is 0 Å². The molecule has 0 saturated heterocycles. The van der Waals surface area contributed by atoms with E-state index >= 15 is 0 Å². The molecule has 2 heterocycles. The van der Waals surface area contributed by atoms with Crippen molar-refractivity contribution in [3.63, 3.8) is 0 Å². The zero-order chi connectivity index (χ0) is 18.1. The number of carboxylic acid groups (broad SMARTS) is 1. The first kappa shape index (κ1) is 16.5. The highest BCUT2D eigenvalue weighted by Crippen LogP contribution is 2.25. The number of fused-ring (bicyclic) bond motifs is 2. The van der Waals surface area contributed by atoms with Gasteiger partial charge in [0.2, 0.25) is 0 Å². The molecule has 0 aliphatic carbocycles. The number of hydrogen-bond acceptors (Lipinski definition) is 5. The number of carboxylic acids is 1. The number of hydrogen-bond donors (Lipinski definition) is 1. The number of nitrogens with zero attached hydrogens (tertiary/aromatic N) is 4. The fraction of sp³-hybridized carbons (Fsp3) is 0.316. The smallest absolute Gasteiger partial charge is 0.322 e. The lowest BCUT2D eigenvalue weighted by Crippen LogP contribution is -2.49. The first-order chi connectivity index (χ1) is 12.6. The zero-order valence-corrected chi connectivity index (χ0v) is 14.5. The molecule has 0 bridgehead atoms. The maximum Gasteiger partial charge on any atom is 0.322 e. The van der Waals surface area contributed by atoms with Crippen LogP contribution < -0.4 is 4.74 Å². The third-order valence-electron chi connectivity index (χ3n) is 4.82. The quantitative estimate of drug-likeness (QED) is 0.757. The average molecular weight is 352 g/mol. The summed E-state index contributed by atoms with van der Waals surface area (Å²) in [6.07, 6.45) is 0. The summed E-state index contributed by atoms with van der Waals surface area (Å²) in [6.45, 7) is 3.57. The van der Waals surface area contributed by atoms with Gasteiger partial charge in [0.05, 0.1) is 13.1 Å². The van der Waals surface area contributed by atoms with Crippen LogP contribution in [0.4, 0.5) is 0 Å². The molecule has 1 aromatic heterocycles. The van der Waals surface area contributed by atoms with E-state index in [0.717, 1.165) is 28.2 Å². The minimum absolute atomic E-state index is 0.359. The van der Waals surface area contributed by atoms with Crippen molar-refractivity contribution >= 4 is 16.7 Å². The van der Waals surface area contributed by atoms with Crippen molar-refractivity contribution < 1.29 is 14.6 Å². The number of aryl methyl sites for hydroxylation is 1. The van der Waals surface area contributed by atoms with Gasteiger partial charge < -0.3 is 14.4 Å². The van der Waals surface area contributed by atoms with Crippen molar-refractivity contribution in [3.8, 4) is 5.75 Å². The molecule has 2 aromatic carbocycles. The molecule has 7 heteroatoms. The second kappa shape index (κ2) is 6.76. The summed E-state index contributed by atoms with van der Waals surface area (Å²) in [5.41, 5.74) is 0. The van der Waals surface area contributed by atoms with Gasteiger partial charge in [-0.25, -0.2) is 0 Å². The van der Waals surface area contributed by atoms with Crippen LogP contribution in [-0.2, 0) is 17.9 Å². The summed E-state index contributed by atoms with van der Waals surface area (Å²) in [7, 11) is 0. The van der Waals surface area contributed by atoms with Crippen molar-refractivity contribution in [2.45, 2.75) is 26.1 Å². The molecule has 26 heavy (non-hydrogen) atoms. The molecule has 0 fully saturated rings. The monoisotopic (exact) mass is 352 g/mol. The Hall–Kier alpha value is -2.93. The molecular formula is C19H20N4O3. The topological polar surface area (TPSA) is 80.5 Å². The largest absolute Gasteiger partial charge is 0.492 e. The van der Waals surface area contributed by atoms with E-state index in [1.54, 1.807) is 0 Å². The second-order valence-corrected chi connectivity index (χ2v) is 6.42. The minimum atomic E-state index is -0.839. The minimum Gasteiger partial charge on any atom is -0.492 e. The van der Waals surface area contributed by atoms with Crippen LogP contribution in [0.3, 0.4) is 0 Å². The van der Waals surface area contributed by atoms with E-state index in [9.17, 15) is 9.90 Å². The van der Waals surface area contributed by atoms with Gasteiger partial charge in [0.1, 0.15) is 30.0 Å². The van der Waals surface area contributed by atoms with E-state index in [-0.39, 0.29) is 0 Å². The van der Waals surface area contributed by atoms with Gasteiger partial charge in [-0.1, -0.05) is 36.4 Å². The molecule has 7 nitrogen and oxygen atoms in total. The Balaban J connectivity index is 1.47. The first-order valence-corrected chi connectivity index (χ1v) is 8.59. The van der Waals surface area contributed by atoms with Crippen LogP contribution in [-0.4, -0.2) is 49.9 Å². The standard InChI is InChI=1S/C19H20N4O3/c1-13-20-21-18-12-22(16(19(24)25)11-23(13)18)9-10-26-17-8-4-6-14-5-2-3-7-15(14)17/h2-8,16H,9-12H2,1H3,(H,24,25). The Bertz CT molecular complexity index is 948. The zero-order valence-electron chi connectivity index (χ0n) is 14.5. The molecule has 1 aliphatic heterocycles. The lowest BCUT2D eigenvalue weighted by Gasteiger charge is -2.33. The molecule has 0 radical (unpaired) electrons. The third kappa shape index (κ3) is 3.01. The molecule has 1 unspecified atom stereocenters.